The fraction of sp³-hybridized carbons (Fsp3) is 0.909. The number of hydrogen-bond acceptors (Lipinski definition) is 3. The largest absolute Gasteiger partial charge is 0.341 e. The minimum absolute atomic E-state index is 0.0639. The Bertz CT molecular complexity index is 205. The second kappa shape index (κ2) is 6.38. The number of carbonyl (C=O) groups is 1. The number of rotatable bonds is 6. The second-order valence-corrected chi connectivity index (χ2v) is 4.99. The molecule has 4 heteroatoms. The molecule has 0 bridgehead atoms. The molecule has 90 valence electrons. The van der Waals surface area contributed by atoms with Gasteiger partial charge in [0.15, 0.2) is 0 Å². The van der Waals surface area contributed by atoms with E-state index < -0.39 is 5.54 Å². The van der Waals surface area contributed by atoms with E-state index in [-0.39, 0.29) is 11.9 Å². The number of amides is 1. The number of nitrogens with zero attached hydrogens (tertiary/aromatic N) is 1. The van der Waals surface area contributed by atoms with Gasteiger partial charge in [0.25, 0.3) is 0 Å². The first kappa shape index (κ1) is 14.8. The molecule has 0 aliphatic rings. The van der Waals surface area contributed by atoms with Crippen molar-refractivity contribution in [2.24, 2.45) is 5.73 Å². The zero-order valence-corrected chi connectivity index (χ0v) is 11.4. The fourth-order valence-corrected chi connectivity index (χ4v) is 2.16. The molecule has 1 atom stereocenters. The Hall–Kier alpha value is -0.220. The molecule has 0 rings (SSSR count). The van der Waals surface area contributed by atoms with Crippen LogP contribution in [0.1, 0.15) is 33.6 Å². The van der Waals surface area contributed by atoms with Crippen LogP contribution >= 0.6 is 11.8 Å². The van der Waals surface area contributed by atoms with Gasteiger partial charge in [-0.1, -0.05) is 13.8 Å². The van der Waals surface area contributed by atoms with E-state index in [0.29, 0.717) is 12.8 Å². The van der Waals surface area contributed by atoms with Crippen molar-refractivity contribution in [3.63, 3.8) is 0 Å². The van der Waals surface area contributed by atoms with E-state index >= 15 is 0 Å². The van der Waals surface area contributed by atoms with Crippen LogP contribution < -0.4 is 5.73 Å². The summed E-state index contributed by atoms with van der Waals surface area (Å²) in [7, 11) is 1.84. The van der Waals surface area contributed by atoms with E-state index in [4.69, 9.17) is 5.73 Å². The normalized spacial score (nSPS) is 13.7. The molecule has 0 saturated heterocycles. The maximum absolute atomic E-state index is 12.1. The van der Waals surface area contributed by atoms with Crippen LogP contribution in [0.25, 0.3) is 0 Å². The number of likely N-dealkylation sites (N-methyl/N-ethyl adjacent to an activating group) is 1. The lowest BCUT2D eigenvalue weighted by atomic mass is 9.92. The van der Waals surface area contributed by atoms with E-state index in [1.165, 1.54) is 0 Å². The van der Waals surface area contributed by atoms with Gasteiger partial charge in [-0.25, -0.2) is 0 Å². The molecule has 0 spiro atoms. The molecule has 0 aliphatic heterocycles. The summed E-state index contributed by atoms with van der Waals surface area (Å²) in [5.74, 6) is 1.01. The highest BCUT2D eigenvalue weighted by atomic mass is 32.2. The lowest BCUT2D eigenvalue weighted by Gasteiger charge is -2.34. The summed E-state index contributed by atoms with van der Waals surface area (Å²) < 4.78 is 0. The van der Waals surface area contributed by atoms with Crippen molar-refractivity contribution in [3.8, 4) is 0 Å². The summed E-state index contributed by atoms with van der Waals surface area (Å²) in [5, 5.41) is 0. The molecule has 0 aromatic carbocycles. The third-order valence-corrected chi connectivity index (χ3v) is 3.89. The first-order valence-corrected chi connectivity index (χ1v) is 6.87. The Morgan fingerprint density at radius 3 is 2.27 bits per heavy atom. The lowest BCUT2D eigenvalue weighted by molar-refractivity contribution is -0.137. The van der Waals surface area contributed by atoms with Gasteiger partial charge in [0.05, 0.1) is 5.54 Å². The van der Waals surface area contributed by atoms with Crippen LogP contribution in [0.4, 0.5) is 0 Å². The van der Waals surface area contributed by atoms with Gasteiger partial charge in [0.2, 0.25) is 5.91 Å². The molecule has 0 aliphatic carbocycles. The third kappa shape index (κ3) is 3.68. The minimum atomic E-state index is -0.679. The van der Waals surface area contributed by atoms with Gasteiger partial charge in [-0.05, 0) is 26.0 Å². The monoisotopic (exact) mass is 232 g/mol. The van der Waals surface area contributed by atoms with Crippen molar-refractivity contribution in [1.29, 1.82) is 0 Å². The van der Waals surface area contributed by atoms with Gasteiger partial charge in [-0.3, -0.25) is 4.79 Å². The predicted molar refractivity (Wildman–Crippen MR) is 68.1 cm³/mol. The molecule has 15 heavy (non-hydrogen) atoms. The van der Waals surface area contributed by atoms with Crippen LogP contribution in [0.3, 0.4) is 0 Å². The molecule has 0 saturated carbocycles. The summed E-state index contributed by atoms with van der Waals surface area (Å²) in [5.41, 5.74) is 5.40. The van der Waals surface area contributed by atoms with Crippen LogP contribution in [0.2, 0.25) is 0 Å². The molecule has 0 fully saturated rings. The number of nitrogens with two attached hydrogens (primary N) is 1. The molecule has 0 aromatic heterocycles. The summed E-state index contributed by atoms with van der Waals surface area (Å²) in [6.07, 6.45) is 3.43. The molecular weight excluding hydrogens is 208 g/mol. The fourth-order valence-electron chi connectivity index (χ4n) is 1.46. The van der Waals surface area contributed by atoms with Gasteiger partial charge >= 0.3 is 0 Å². The highest BCUT2D eigenvalue weighted by Gasteiger charge is 2.33. The molecule has 3 nitrogen and oxygen atoms in total. The summed E-state index contributed by atoms with van der Waals surface area (Å²) in [6, 6.07) is 0.244. The Kier molecular flexibility index (Phi) is 6.29. The van der Waals surface area contributed by atoms with Crippen LogP contribution in [0.5, 0.6) is 0 Å². The maximum Gasteiger partial charge on any atom is 0.242 e. The predicted octanol–water partition coefficient (Wildman–Crippen LogP) is 1.71. The first-order chi connectivity index (χ1) is 6.92. The minimum Gasteiger partial charge on any atom is -0.341 e. The zero-order chi connectivity index (χ0) is 12.1. The second-order valence-electron chi connectivity index (χ2n) is 4.08. The standard InChI is InChI=1S/C11H24N2OS/c1-6-11(12,7-2)10(14)13(4)9(3)8-15-5/h9H,6-8,12H2,1-5H3. The average Bonchev–Trinajstić information content (AvgIpc) is 2.26. The molecule has 2 N–H and O–H groups in total. The van der Waals surface area contributed by atoms with E-state index in [1.807, 2.05) is 27.2 Å². The summed E-state index contributed by atoms with van der Waals surface area (Å²) >= 11 is 1.75. The van der Waals surface area contributed by atoms with Crippen molar-refractivity contribution >= 4 is 17.7 Å². The topological polar surface area (TPSA) is 46.3 Å². The molecular formula is C11H24N2OS. The number of hydrogen-bond donors (Lipinski definition) is 1. The van der Waals surface area contributed by atoms with Crippen molar-refractivity contribution in [2.45, 2.75) is 45.2 Å². The smallest absolute Gasteiger partial charge is 0.242 e. The van der Waals surface area contributed by atoms with Gasteiger partial charge in [0, 0.05) is 18.8 Å². The van der Waals surface area contributed by atoms with Crippen molar-refractivity contribution in [3.05, 3.63) is 0 Å². The van der Waals surface area contributed by atoms with E-state index in [0.717, 1.165) is 5.75 Å². The Morgan fingerprint density at radius 1 is 1.47 bits per heavy atom. The number of thioether (sulfide) groups is 1. The molecule has 0 heterocycles. The van der Waals surface area contributed by atoms with Gasteiger partial charge in [-0.2, -0.15) is 11.8 Å². The van der Waals surface area contributed by atoms with Crippen LogP contribution in [-0.4, -0.2) is 41.4 Å². The highest BCUT2D eigenvalue weighted by Crippen LogP contribution is 2.16. The van der Waals surface area contributed by atoms with Crippen LogP contribution in [0, 0.1) is 0 Å². The Morgan fingerprint density at radius 2 is 1.93 bits per heavy atom. The van der Waals surface area contributed by atoms with E-state index in [9.17, 15) is 4.79 Å². The third-order valence-electron chi connectivity index (χ3n) is 3.08. The number of carbonyl (C=O) groups excluding carboxylic acids is 1. The van der Waals surface area contributed by atoms with Crippen molar-refractivity contribution in [1.82, 2.24) is 4.90 Å². The molecule has 0 radical (unpaired) electrons. The van der Waals surface area contributed by atoms with Crippen LogP contribution in [-0.2, 0) is 4.79 Å². The van der Waals surface area contributed by atoms with Crippen molar-refractivity contribution in [2.75, 3.05) is 19.1 Å². The lowest BCUT2D eigenvalue weighted by Crippen LogP contribution is -2.55. The highest BCUT2D eigenvalue weighted by molar-refractivity contribution is 7.98. The maximum atomic E-state index is 12.1. The SMILES string of the molecule is CCC(N)(CC)C(=O)N(C)C(C)CSC. The Labute approximate surface area is 97.8 Å². The quantitative estimate of drug-likeness (QED) is 0.758. The van der Waals surface area contributed by atoms with E-state index in [2.05, 4.69) is 6.92 Å². The van der Waals surface area contributed by atoms with E-state index in [1.54, 1.807) is 16.7 Å². The zero-order valence-electron chi connectivity index (χ0n) is 10.5. The first-order valence-electron chi connectivity index (χ1n) is 5.48. The molecule has 0 aromatic rings. The van der Waals surface area contributed by atoms with Gasteiger partial charge < -0.3 is 10.6 Å². The average molecular weight is 232 g/mol. The molecule has 1 unspecified atom stereocenters. The molecule has 1 amide bonds. The van der Waals surface area contributed by atoms with Crippen LogP contribution in [0.15, 0.2) is 0 Å². The van der Waals surface area contributed by atoms with Gasteiger partial charge in [-0.15, -0.1) is 0 Å². The summed E-state index contributed by atoms with van der Waals surface area (Å²) in [6.45, 7) is 5.99. The van der Waals surface area contributed by atoms with Gasteiger partial charge in [0.1, 0.15) is 0 Å². The Balaban J connectivity index is 4.54. The summed E-state index contributed by atoms with van der Waals surface area (Å²) in [4.78, 5) is 13.9. The van der Waals surface area contributed by atoms with Crippen molar-refractivity contribution < 1.29 is 4.79 Å².